The standard InChI is InChI=1S/C12H24N2O2/c1(3-5-13-7-9-15-11-13)2-4-6-14-8-10-16-12-14/h1-12H2. The average molecular weight is 228 g/mol. The van der Waals surface area contributed by atoms with Crippen molar-refractivity contribution in [2.45, 2.75) is 25.7 Å². The van der Waals surface area contributed by atoms with E-state index in [0.29, 0.717) is 0 Å². The van der Waals surface area contributed by atoms with Crippen LogP contribution in [0.2, 0.25) is 0 Å². The second-order valence-electron chi connectivity index (χ2n) is 4.72. The van der Waals surface area contributed by atoms with Crippen LogP contribution in [-0.4, -0.2) is 62.7 Å². The molecule has 4 nitrogen and oxygen atoms in total. The van der Waals surface area contributed by atoms with Crippen LogP contribution in [0.15, 0.2) is 0 Å². The first-order chi connectivity index (χ1) is 7.95. The molecule has 4 heteroatoms. The summed E-state index contributed by atoms with van der Waals surface area (Å²) in [5.74, 6) is 0. The van der Waals surface area contributed by atoms with Gasteiger partial charge >= 0.3 is 0 Å². The fraction of sp³-hybridized carbons (Fsp3) is 1.00. The van der Waals surface area contributed by atoms with E-state index in [1.54, 1.807) is 0 Å². The molecule has 0 atom stereocenters. The van der Waals surface area contributed by atoms with Gasteiger partial charge < -0.3 is 9.47 Å². The number of rotatable bonds is 7. The summed E-state index contributed by atoms with van der Waals surface area (Å²) in [5.41, 5.74) is 0. The number of unbranched alkanes of at least 4 members (excludes halogenated alkanes) is 3. The molecule has 2 aliphatic heterocycles. The van der Waals surface area contributed by atoms with Gasteiger partial charge in [0, 0.05) is 26.2 Å². The van der Waals surface area contributed by atoms with E-state index in [4.69, 9.17) is 9.47 Å². The summed E-state index contributed by atoms with van der Waals surface area (Å²) in [4.78, 5) is 4.79. The molecular formula is C12H24N2O2. The van der Waals surface area contributed by atoms with Crippen LogP contribution in [0.1, 0.15) is 25.7 Å². The van der Waals surface area contributed by atoms with Crippen molar-refractivity contribution in [3.05, 3.63) is 0 Å². The Morgan fingerprint density at radius 1 is 0.688 bits per heavy atom. The van der Waals surface area contributed by atoms with Crippen molar-refractivity contribution < 1.29 is 9.47 Å². The van der Waals surface area contributed by atoms with Gasteiger partial charge in [0.05, 0.1) is 26.7 Å². The lowest BCUT2D eigenvalue weighted by Crippen LogP contribution is -2.22. The molecule has 0 spiro atoms. The van der Waals surface area contributed by atoms with E-state index in [9.17, 15) is 0 Å². The number of nitrogens with zero attached hydrogens (tertiary/aromatic N) is 2. The van der Waals surface area contributed by atoms with Gasteiger partial charge in [0.1, 0.15) is 0 Å². The van der Waals surface area contributed by atoms with Crippen LogP contribution in [0.3, 0.4) is 0 Å². The molecule has 2 heterocycles. The summed E-state index contributed by atoms with van der Waals surface area (Å²) in [5, 5.41) is 0. The minimum atomic E-state index is 0.852. The topological polar surface area (TPSA) is 24.9 Å². The van der Waals surface area contributed by atoms with Gasteiger partial charge in [-0.2, -0.15) is 0 Å². The Hall–Kier alpha value is -0.160. The molecule has 0 unspecified atom stereocenters. The van der Waals surface area contributed by atoms with Gasteiger partial charge in [-0.15, -0.1) is 0 Å². The van der Waals surface area contributed by atoms with Crippen molar-refractivity contribution in [3.63, 3.8) is 0 Å². The summed E-state index contributed by atoms with van der Waals surface area (Å²) in [7, 11) is 0. The van der Waals surface area contributed by atoms with Crippen molar-refractivity contribution in [2.24, 2.45) is 0 Å². The first-order valence-electron chi connectivity index (χ1n) is 6.55. The summed E-state index contributed by atoms with van der Waals surface area (Å²) >= 11 is 0. The third-order valence-electron chi connectivity index (χ3n) is 3.35. The van der Waals surface area contributed by atoms with Gasteiger partial charge in [-0.3, -0.25) is 9.80 Å². The van der Waals surface area contributed by atoms with Crippen LogP contribution in [-0.2, 0) is 9.47 Å². The fourth-order valence-electron chi connectivity index (χ4n) is 2.28. The molecule has 2 aliphatic rings. The molecule has 0 aliphatic carbocycles. The number of hydrogen-bond acceptors (Lipinski definition) is 4. The molecule has 0 bridgehead atoms. The van der Waals surface area contributed by atoms with Crippen molar-refractivity contribution >= 4 is 0 Å². The Morgan fingerprint density at radius 2 is 1.19 bits per heavy atom. The maximum Gasteiger partial charge on any atom is 0.0991 e. The summed E-state index contributed by atoms with van der Waals surface area (Å²) < 4.78 is 10.6. The van der Waals surface area contributed by atoms with E-state index in [-0.39, 0.29) is 0 Å². The molecule has 0 amide bonds. The molecule has 0 radical (unpaired) electrons. The minimum absolute atomic E-state index is 0.852. The highest BCUT2D eigenvalue weighted by molar-refractivity contribution is 4.60. The lowest BCUT2D eigenvalue weighted by Gasteiger charge is -2.13. The Balaban J connectivity index is 1.37. The van der Waals surface area contributed by atoms with E-state index < -0.39 is 0 Å². The first kappa shape index (κ1) is 12.3. The Labute approximate surface area is 98.5 Å². The summed E-state index contributed by atoms with van der Waals surface area (Å²) in [6.07, 6.45) is 5.34. The lowest BCUT2D eigenvalue weighted by molar-refractivity contribution is 0.137. The molecule has 2 fully saturated rings. The molecule has 2 saturated heterocycles. The van der Waals surface area contributed by atoms with Gasteiger partial charge in [-0.05, 0) is 12.8 Å². The SMILES string of the molecule is C(CCCN1CCOC1)CCN1CCOC1. The van der Waals surface area contributed by atoms with Gasteiger partial charge in [-0.25, -0.2) is 0 Å². The van der Waals surface area contributed by atoms with Crippen LogP contribution >= 0.6 is 0 Å². The van der Waals surface area contributed by atoms with Gasteiger partial charge in [0.15, 0.2) is 0 Å². The molecule has 0 N–H and O–H groups in total. The van der Waals surface area contributed by atoms with E-state index in [2.05, 4.69) is 9.80 Å². The zero-order chi connectivity index (χ0) is 11.1. The second kappa shape index (κ2) is 7.22. The zero-order valence-corrected chi connectivity index (χ0v) is 10.2. The van der Waals surface area contributed by atoms with Gasteiger partial charge in [0.2, 0.25) is 0 Å². The normalized spacial score (nSPS) is 23.2. The molecule has 0 saturated carbocycles. The van der Waals surface area contributed by atoms with Crippen LogP contribution in [0.25, 0.3) is 0 Å². The highest BCUT2D eigenvalue weighted by Crippen LogP contribution is 2.07. The van der Waals surface area contributed by atoms with E-state index in [0.717, 1.165) is 39.8 Å². The third-order valence-corrected chi connectivity index (χ3v) is 3.35. The largest absolute Gasteiger partial charge is 0.365 e. The predicted molar refractivity (Wildman–Crippen MR) is 63.3 cm³/mol. The van der Waals surface area contributed by atoms with Crippen LogP contribution in [0.5, 0.6) is 0 Å². The van der Waals surface area contributed by atoms with Crippen LogP contribution in [0, 0.1) is 0 Å². The molecule has 16 heavy (non-hydrogen) atoms. The Morgan fingerprint density at radius 3 is 1.56 bits per heavy atom. The third kappa shape index (κ3) is 4.37. The van der Waals surface area contributed by atoms with Crippen molar-refractivity contribution in [1.82, 2.24) is 9.80 Å². The number of hydrogen-bond donors (Lipinski definition) is 0. The maximum absolute atomic E-state index is 5.31. The second-order valence-corrected chi connectivity index (χ2v) is 4.72. The zero-order valence-electron chi connectivity index (χ0n) is 10.2. The Kier molecular flexibility index (Phi) is 5.55. The highest BCUT2D eigenvalue weighted by Gasteiger charge is 2.11. The van der Waals surface area contributed by atoms with E-state index >= 15 is 0 Å². The maximum atomic E-state index is 5.31. The predicted octanol–water partition coefficient (Wildman–Crippen LogP) is 1.13. The first-order valence-corrected chi connectivity index (χ1v) is 6.55. The molecule has 94 valence electrons. The molecule has 2 rings (SSSR count). The smallest absolute Gasteiger partial charge is 0.0991 e. The quantitative estimate of drug-likeness (QED) is 0.610. The van der Waals surface area contributed by atoms with Gasteiger partial charge in [0.25, 0.3) is 0 Å². The monoisotopic (exact) mass is 228 g/mol. The Bertz CT molecular complexity index is 158. The van der Waals surface area contributed by atoms with Crippen LogP contribution < -0.4 is 0 Å². The van der Waals surface area contributed by atoms with Crippen molar-refractivity contribution in [1.29, 1.82) is 0 Å². The van der Waals surface area contributed by atoms with Crippen LogP contribution in [0.4, 0.5) is 0 Å². The minimum Gasteiger partial charge on any atom is -0.365 e. The molecule has 0 aromatic heterocycles. The average Bonchev–Trinajstić information content (AvgIpc) is 2.96. The summed E-state index contributed by atoms with van der Waals surface area (Å²) in [6.45, 7) is 8.25. The van der Waals surface area contributed by atoms with Crippen molar-refractivity contribution in [3.8, 4) is 0 Å². The molecule has 0 aromatic rings. The molecule has 0 aromatic carbocycles. The molecular weight excluding hydrogens is 204 g/mol. The summed E-state index contributed by atoms with van der Waals surface area (Å²) in [6, 6.07) is 0. The fourth-order valence-corrected chi connectivity index (χ4v) is 2.28. The van der Waals surface area contributed by atoms with E-state index in [1.165, 1.54) is 38.8 Å². The van der Waals surface area contributed by atoms with E-state index in [1.807, 2.05) is 0 Å². The lowest BCUT2D eigenvalue weighted by atomic mass is 10.2. The van der Waals surface area contributed by atoms with Gasteiger partial charge in [-0.1, -0.05) is 12.8 Å². The number of ether oxygens (including phenoxy) is 2. The van der Waals surface area contributed by atoms with Crippen molar-refractivity contribution in [2.75, 3.05) is 52.9 Å². The highest BCUT2D eigenvalue weighted by atomic mass is 16.5.